The molecule has 0 bridgehead atoms. The number of halogens is 3. The first kappa shape index (κ1) is 20.0. The molecule has 0 spiro atoms. The summed E-state index contributed by atoms with van der Waals surface area (Å²) in [6.45, 7) is 0.563. The fourth-order valence-corrected chi connectivity index (χ4v) is 3.33. The Morgan fingerprint density at radius 1 is 0.733 bits per heavy atom. The van der Waals surface area contributed by atoms with Crippen molar-refractivity contribution >= 4 is 5.78 Å². The van der Waals surface area contributed by atoms with Crippen molar-refractivity contribution in [1.82, 2.24) is 0 Å². The zero-order chi connectivity index (χ0) is 21.1. The molecule has 0 aromatic heterocycles. The molecular formula is C24H19F3O3. The fourth-order valence-electron chi connectivity index (χ4n) is 3.33. The number of ether oxygens (including phenoxy) is 2. The third-order valence-corrected chi connectivity index (χ3v) is 5.01. The number of benzene rings is 3. The minimum absolute atomic E-state index is 0.182. The zero-order valence-corrected chi connectivity index (χ0v) is 16.0. The van der Waals surface area contributed by atoms with Gasteiger partial charge in [0.1, 0.15) is 24.7 Å². The van der Waals surface area contributed by atoms with E-state index in [9.17, 15) is 18.0 Å². The summed E-state index contributed by atoms with van der Waals surface area (Å²) >= 11 is 0. The highest BCUT2D eigenvalue weighted by atomic mass is 19.4. The number of ketones is 1. The normalized spacial score (nSPS) is 13.2. The first-order valence-electron chi connectivity index (χ1n) is 9.55. The van der Waals surface area contributed by atoms with Crippen LogP contribution in [0, 0.1) is 0 Å². The number of rotatable bonds is 6. The molecule has 154 valence electrons. The number of Topliss-reactive ketones (excluding diaryl/α,β-unsaturated/α-hetero) is 1. The van der Waals surface area contributed by atoms with E-state index in [1.807, 2.05) is 30.3 Å². The summed E-state index contributed by atoms with van der Waals surface area (Å²) in [7, 11) is 0. The van der Waals surface area contributed by atoms with Crippen molar-refractivity contribution in [3.63, 3.8) is 0 Å². The summed E-state index contributed by atoms with van der Waals surface area (Å²) in [5.74, 6) is 1.53. The molecule has 6 heteroatoms. The number of hydrogen-bond donors (Lipinski definition) is 0. The van der Waals surface area contributed by atoms with E-state index < -0.39 is 11.7 Å². The van der Waals surface area contributed by atoms with Gasteiger partial charge in [-0.3, -0.25) is 4.79 Å². The van der Waals surface area contributed by atoms with Gasteiger partial charge >= 0.3 is 6.18 Å². The van der Waals surface area contributed by atoms with Crippen LogP contribution in [0.15, 0.2) is 66.7 Å². The summed E-state index contributed by atoms with van der Waals surface area (Å²) in [4.78, 5) is 11.7. The van der Waals surface area contributed by atoms with E-state index in [4.69, 9.17) is 9.47 Å². The van der Waals surface area contributed by atoms with Gasteiger partial charge in [0.2, 0.25) is 0 Å². The molecule has 0 heterocycles. The quantitative estimate of drug-likeness (QED) is 0.499. The minimum atomic E-state index is -4.34. The molecule has 1 aliphatic carbocycles. The Morgan fingerprint density at radius 3 is 1.93 bits per heavy atom. The van der Waals surface area contributed by atoms with Gasteiger partial charge in [-0.2, -0.15) is 13.2 Å². The van der Waals surface area contributed by atoms with Gasteiger partial charge in [-0.25, -0.2) is 0 Å². The smallest absolute Gasteiger partial charge is 0.416 e. The Labute approximate surface area is 172 Å². The highest BCUT2D eigenvalue weighted by molar-refractivity contribution is 6.00. The Hall–Kier alpha value is -3.28. The van der Waals surface area contributed by atoms with Crippen LogP contribution in [-0.4, -0.2) is 5.78 Å². The lowest BCUT2D eigenvalue weighted by atomic mass is 10.1. The summed E-state index contributed by atoms with van der Waals surface area (Å²) in [5.41, 5.74) is 2.76. The highest BCUT2D eigenvalue weighted by Gasteiger charge is 2.29. The lowest BCUT2D eigenvalue weighted by Crippen LogP contribution is -2.05. The van der Waals surface area contributed by atoms with Gasteiger partial charge in [-0.05, 0) is 65.6 Å². The molecule has 0 fully saturated rings. The maximum Gasteiger partial charge on any atom is 0.416 e. The molecular weight excluding hydrogens is 393 g/mol. The third kappa shape index (κ3) is 4.64. The number of aryl methyl sites for hydroxylation is 1. The number of carbonyl (C=O) groups excluding carboxylic acids is 1. The van der Waals surface area contributed by atoms with Crippen LogP contribution in [0.25, 0.3) is 0 Å². The predicted octanol–water partition coefficient (Wildman–Crippen LogP) is 5.99. The standard InChI is InChI=1S/C24H19F3O3/c25-24(26,27)19-6-1-16(2-7-19)14-29-20-8-3-17(4-9-20)15-30-21-10-11-22-18(13-21)5-12-23(22)28/h1-4,6-11,13H,5,12,14-15H2. The number of fused-ring (bicyclic) bond motifs is 1. The van der Waals surface area contributed by atoms with Crippen molar-refractivity contribution in [3.8, 4) is 11.5 Å². The number of hydrogen-bond acceptors (Lipinski definition) is 3. The molecule has 0 radical (unpaired) electrons. The van der Waals surface area contributed by atoms with E-state index in [-0.39, 0.29) is 12.4 Å². The van der Waals surface area contributed by atoms with Crippen molar-refractivity contribution in [2.24, 2.45) is 0 Å². The van der Waals surface area contributed by atoms with Crippen LogP contribution < -0.4 is 9.47 Å². The lowest BCUT2D eigenvalue weighted by molar-refractivity contribution is -0.137. The summed E-state index contributed by atoms with van der Waals surface area (Å²) < 4.78 is 49.3. The molecule has 3 aromatic rings. The Kier molecular flexibility index (Phi) is 5.48. The molecule has 0 unspecified atom stereocenters. The average molecular weight is 412 g/mol. The monoisotopic (exact) mass is 412 g/mol. The SMILES string of the molecule is O=C1CCc2cc(OCc3ccc(OCc4ccc(C(F)(F)F)cc4)cc3)ccc21. The molecule has 3 nitrogen and oxygen atoms in total. The van der Waals surface area contributed by atoms with Crippen LogP contribution in [0.5, 0.6) is 11.5 Å². The van der Waals surface area contributed by atoms with Crippen LogP contribution in [-0.2, 0) is 25.8 Å². The van der Waals surface area contributed by atoms with Crippen LogP contribution in [0.4, 0.5) is 13.2 Å². The van der Waals surface area contributed by atoms with Gasteiger partial charge in [0.15, 0.2) is 5.78 Å². The summed E-state index contributed by atoms with van der Waals surface area (Å²) in [6, 6.07) is 17.8. The largest absolute Gasteiger partial charge is 0.489 e. The van der Waals surface area contributed by atoms with Gasteiger partial charge < -0.3 is 9.47 Å². The van der Waals surface area contributed by atoms with E-state index in [0.29, 0.717) is 24.3 Å². The van der Waals surface area contributed by atoms with Gasteiger partial charge in [-0.1, -0.05) is 24.3 Å². The Bertz CT molecular complexity index is 1040. The predicted molar refractivity (Wildman–Crippen MR) is 106 cm³/mol. The zero-order valence-electron chi connectivity index (χ0n) is 16.0. The molecule has 0 aliphatic heterocycles. The molecule has 4 rings (SSSR count). The van der Waals surface area contributed by atoms with E-state index in [2.05, 4.69) is 0 Å². The van der Waals surface area contributed by atoms with E-state index >= 15 is 0 Å². The van der Waals surface area contributed by atoms with E-state index in [1.54, 1.807) is 12.1 Å². The van der Waals surface area contributed by atoms with Crippen molar-refractivity contribution in [2.45, 2.75) is 32.2 Å². The molecule has 1 aliphatic rings. The maximum absolute atomic E-state index is 12.6. The molecule has 0 atom stereocenters. The Balaban J connectivity index is 1.29. The molecule has 0 N–H and O–H groups in total. The van der Waals surface area contributed by atoms with Crippen LogP contribution in [0.2, 0.25) is 0 Å². The van der Waals surface area contributed by atoms with Gasteiger partial charge in [0, 0.05) is 12.0 Å². The van der Waals surface area contributed by atoms with Gasteiger partial charge in [0.05, 0.1) is 5.56 Å². The minimum Gasteiger partial charge on any atom is -0.489 e. The second-order valence-electron chi connectivity index (χ2n) is 7.16. The van der Waals surface area contributed by atoms with Gasteiger partial charge in [0.25, 0.3) is 0 Å². The lowest BCUT2D eigenvalue weighted by Gasteiger charge is -2.10. The third-order valence-electron chi connectivity index (χ3n) is 5.01. The average Bonchev–Trinajstić information content (AvgIpc) is 3.11. The fraction of sp³-hybridized carbons (Fsp3) is 0.208. The topological polar surface area (TPSA) is 35.5 Å². The van der Waals surface area contributed by atoms with Gasteiger partial charge in [-0.15, -0.1) is 0 Å². The molecule has 0 saturated heterocycles. The molecule has 30 heavy (non-hydrogen) atoms. The van der Waals surface area contributed by atoms with Crippen molar-refractivity contribution in [1.29, 1.82) is 0 Å². The van der Waals surface area contributed by atoms with E-state index in [1.165, 1.54) is 12.1 Å². The maximum atomic E-state index is 12.6. The summed E-state index contributed by atoms with van der Waals surface area (Å²) in [5, 5.41) is 0. The second-order valence-corrected chi connectivity index (χ2v) is 7.16. The van der Waals surface area contributed by atoms with Crippen LogP contribution in [0.1, 0.15) is 39.0 Å². The second kappa shape index (κ2) is 8.22. The highest BCUT2D eigenvalue weighted by Crippen LogP contribution is 2.29. The summed E-state index contributed by atoms with van der Waals surface area (Å²) in [6.07, 6.45) is -3.02. The van der Waals surface area contributed by atoms with Crippen molar-refractivity contribution in [2.75, 3.05) is 0 Å². The van der Waals surface area contributed by atoms with Crippen LogP contribution >= 0.6 is 0 Å². The van der Waals surface area contributed by atoms with Crippen LogP contribution in [0.3, 0.4) is 0 Å². The number of alkyl halides is 3. The van der Waals surface area contributed by atoms with Crippen molar-refractivity contribution in [3.05, 3.63) is 94.5 Å². The van der Waals surface area contributed by atoms with E-state index in [0.717, 1.165) is 41.0 Å². The molecule has 0 saturated carbocycles. The molecule has 3 aromatic carbocycles. The van der Waals surface area contributed by atoms with Crippen molar-refractivity contribution < 1.29 is 27.4 Å². The molecule has 0 amide bonds. The Morgan fingerprint density at radius 2 is 1.30 bits per heavy atom. The first-order chi connectivity index (χ1) is 14.4. The first-order valence-corrected chi connectivity index (χ1v) is 9.55. The number of carbonyl (C=O) groups is 1.